The largest absolute Gasteiger partial charge is 0.478 e. The average Bonchev–Trinajstić information content (AvgIpc) is 3.09. The number of carboxylic acid groups (broad SMARTS) is 1. The first-order chi connectivity index (χ1) is 13.1. The van der Waals surface area contributed by atoms with Crippen molar-refractivity contribution in [2.45, 2.75) is 50.4 Å². The van der Waals surface area contributed by atoms with Gasteiger partial charge in [-0.3, -0.25) is 0 Å². The third kappa shape index (κ3) is 3.62. The summed E-state index contributed by atoms with van der Waals surface area (Å²) in [5.41, 5.74) is 3.83. The van der Waals surface area contributed by atoms with Crippen molar-refractivity contribution in [1.29, 1.82) is 0 Å². The molecule has 0 saturated heterocycles. The summed E-state index contributed by atoms with van der Waals surface area (Å²) < 4.78 is 0. The summed E-state index contributed by atoms with van der Waals surface area (Å²) in [6.07, 6.45) is 14.1. The minimum absolute atomic E-state index is 0. The Labute approximate surface area is 171 Å². The van der Waals surface area contributed by atoms with Gasteiger partial charge in [0, 0.05) is 29.8 Å². The lowest BCUT2D eigenvalue weighted by molar-refractivity contribution is -0.131. The second-order valence-electron chi connectivity index (χ2n) is 9.03. The lowest BCUT2D eigenvalue weighted by Crippen LogP contribution is -2.48. The zero-order valence-corrected chi connectivity index (χ0v) is 16.8. The van der Waals surface area contributed by atoms with E-state index in [2.05, 4.69) is 23.3 Å². The molecule has 0 unspecified atom stereocenters. The molecule has 0 aliphatic heterocycles. The Kier molecular flexibility index (Phi) is 5.09. The third-order valence-electron chi connectivity index (χ3n) is 7.01. The molecule has 0 radical (unpaired) electrons. The molecule has 1 aromatic carbocycles. The number of aromatic amines is 1. The molecule has 0 atom stereocenters. The second-order valence-corrected chi connectivity index (χ2v) is 9.03. The number of hydrogen-bond donors (Lipinski definition) is 2. The van der Waals surface area contributed by atoms with Crippen LogP contribution in [0.2, 0.25) is 0 Å². The van der Waals surface area contributed by atoms with Gasteiger partial charge in [-0.15, -0.1) is 12.4 Å². The van der Waals surface area contributed by atoms with Gasteiger partial charge in [0.05, 0.1) is 0 Å². The maximum atomic E-state index is 10.6. The summed E-state index contributed by atoms with van der Waals surface area (Å²) in [6, 6.07) is 8.01. The van der Waals surface area contributed by atoms with Gasteiger partial charge in [0.15, 0.2) is 0 Å². The topological polar surface area (TPSA) is 66.0 Å². The van der Waals surface area contributed by atoms with Crippen LogP contribution < -0.4 is 0 Å². The Hall–Kier alpha value is -2.07. The summed E-state index contributed by atoms with van der Waals surface area (Å²) >= 11 is 0. The van der Waals surface area contributed by atoms with Crippen molar-refractivity contribution in [1.82, 2.24) is 9.97 Å². The Morgan fingerprint density at radius 2 is 1.71 bits per heavy atom. The highest BCUT2D eigenvalue weighted by atomic mass is 35.5. The van der Waals surface area contributed by atoms with Crippen molar-refractivity contribution in [2.75, 3.05) is 0 Å². The van der Waals surface area contributed by atoms with E-state index >= 15 is 0 Å². The molecule has 0 spiro atoms. The van der Waals surface area contributed by atoms with E-state index in [-0.39, 0.29) is 12.4 Å². The van der Waals surface area contributed by atoms with E-state index in [0.717, 1.165) is 35.6 Å². The number of benzene rings is 1. The van der Waals surface area contributed by atoms with Gasteiger partial charge in [0.25, 0.3) is 0 Å². The van der Waals surface area contributed by atoms with E-state index < -0.39 is 5.97 Å². The SMILES string of the molecule is Cl.O=C(O)/C=C/c1ccc(Cc2ncc(C34CC5CC(CC(C5)C3)C4)[nH]2)cc1. The van der Waals surface area contributed by atoms with Crippen LogP contribution in [0, 0.1) is 17.8 Å². The number of halogens is 1. The molecule has 2 N–H and O–H groups in total. The van der Waals surface area contributed by atoms with Crippen LogP contribution in [0.15, 0.2) is 36.5 Å². The first kappa shape index (κ1) is 19.3. The van der Waals surface area contributed by atoms with Crippen LogP contribution in [-0.2, 0) is 16.6 Å². The van der Waals surface area contributed by atoms with Crippen LogP contribution in [-0.4, -0.2) is 21.0 Å². The molecule has 4 aliphatic rings. The molecule has 4 saturated carbocycles. The Bertz CT molecular complexity index is 849. The van der Waals surface area contributed by atoms with Gasteiger partial charge < -0.3 is 10.1 Å². The molecule has 4 aliphatic carbocycles. The quantitative estimate of drug-likeness (QED) is 0.697. The summed E-state index contributed by atoms with van der Waals surface area (Å²) in [5, 5.41) is 8.72. The van der Waals surface area contributed by atoms with E-state index in [1.807, 2.05) is 12.1 Å². The van der Waals surface area contributed by atoms with Crippen LogP contribution in [0.3, 0.4) is 0 Å². The highest BCUT2D eigenvalue weighted by molar-refractivity contribution is 5.85. The highest BCUT2D eigenvalue weighted by Crippen LogP contribution is 2.60. The van der Waals surface area contributed by atoms with Crippen LogP contribution in [0.5, 0.6) is 0 Å². The third-order valence-corrected chi connectivity index (χ3v) is 7.01. The summed E-state index contributed by atoms with van der Waals surface area (Å²) in [5.74, 6) is 2.93. The Morgan fingerprint density at radius 3 is 2.29 bits per heavy atom. The molecule has 6 rings (SSSR count). The minimum Gasteiger partial charge on any atom is -0.478 e. The van der Waals surface area contributed by atoms with Crippen molar-refractivity contribution >= 4 is 24.5 Å². The standard InChI is InChI=1S/C23H26N2O2.ClH/c26-22(27)6-5-15-1-3-16(4-2-15)10-21-24-14-20(25-21)23-11-17-7-18(12-23)9-19(8-17)13-23;/h1-6,14,17-19H,7-13H2,(H,24,25)(H,26,27);1H/b6-5+;. The fraction of sp³-hybridized carbons (Fsp3) is 0.478. The first-order valence-electron chi connectivity index (χ1n) is 10.1. The van der Waals surface area contributed by atoms with Crippen LogP contribution in [0.25, 0.3) is 6.08 Å². The van der Waals surface area contributed by atoms with Crippen LogP contribution in [0.1, 0.15) is 61.2 Å². The summed E-state index contributed by atoms with van der Waals surface area (Å²) in [6.45, 7) is 0. The van der Waals surface area contributed by atoms with Crippen LogP contribution >= 0.6 is 12.4 Å². The van der Waals surface area contributed by atoms with E-state index in [9.17, 15) is 4.79 Å². The normalized spacial score (nSPS) is 30.5. The van der Waals surface area contributed by atoms with E-state index in [1.54, 1.807) is 6.08 Å². The maximum Gasteiger partial charge on any atom is 0.328 e. The Morgan fingerprint density at radius 1 is 1.11 bits per heavy atom. The fourth-order valence-corrected chi connectivity index (χ4v) is 6.27. The molecular weight excluding hydrogens is 372 g/mol. The molecule has 4 nitrogen and oxygen atoms in total. The van der Waals surface area contributed by atoms with Crippen molar-refractivity contribution in [3.05, 3.63) is 59.2 Å². The summed E-state index contributed by atoms with van der Waals surface area (Å²) in [4.78, 5) is 19.0. The van der Waals surface area contributed by atoms with Crippen molar-refractivity contribution in [3.63, 3.8) is 0 Å². The van der Waals surface area contributed by atoms with Gasteiger partial charge in [0.2, 0.25) is 0 Å². The lowest BCUT2D eigenvalue weighted by atomic mass is 9.49. The molecule has 148 valence electrons. The molecule has 2 aromatic rings. The summed E-state index contributed by atoms with van der Waals surface area (Å²) in [7, 11) is 0. The second kappa shape index (κ2) is 7.40. The Balaban J connectivity index is 0.00000192. The average molecular weight is 399 g/mol. The number of nitrogens with one attached hydrogen (secondary N) is 1. The molecule has 28 heavy (non-hydrogen) atoms. The van der Waals surface area contributed by atoms with Gasteiger partial charge in [-0.25, -0.2) is 9.78 Å². The predicted octanol–water partition coefficient (Wildman–Crippen LogP) is 4.99. The van der Waals surface area contributed by atoms with Gasteiger partial charge in [0.1, 0.15) is 5.82 Å². The highest BCUT2D eigenvalue weighted by Gasteiger charge is 2.52. The maximum absolute atomic E-state index is 10.6. The number of carboxylic acids is 1. The molecule has 4 fully saturated rings. The lowest BCUT2D eigenvalue weighted by Gasteiger charge is -2.56. The van der Waals surface area contributed by atoms with Gasteiger partial charge in [-0.1, -0.05) is 24.3 Å². The number of imidazole rings is 1. The molecule has 5 heteroatoms. The number of aromatic nitrogens is 2. The number of rotatable bonds is 5. The number of carbonyl (C=O) groups is 1. The number of aliphatic carboxylic acids is 1. The molecule has 0 amide bonds. The number of nitrogens with zero attached hydrogens (tertiary/aromatic N) is 1. The van der Waals surface area contributed by atoms with Crippen molar-refractivity contribution in [2.24, 2.45) is 17.8 Å². The van der Waals surface area contributed by atoms with Crippen molar-refractivity contribution in [3.8, 4) is 0 Å². The molecule has 1 heterocycles. The van der Waals surface area contributed by atoms with Crippen LogP contribution in [0.4, 0.5) is 0 Å². The van der Waals surface area contributed by atoms with Crippen molar-refractivity contribution < 1.29 is 9.90 Å². The molecule has 1 aromatic heterocycles. The van der Waals surface area contributed by atoms with Gasteiger partial charge in [-0.2, -0.15) is 0 Å². The monoisotopic (exact) mass is 398 g/mol. The number of hydrogen-bond acceptors (Lipinski definition) is 2. The predicted molar refractivity (Wildman–Crippen MR) is 112 cm³/mol. The van der Waals surface area contributed by atoms with Gasteiger partial charge in [-0.05, 0) is 73.5 Å². The zero-order chi connectivity index (χ0) is 18.4. The van der Waals surface area contributed by atoms with E-state index in [0.29, 0.717) is 5.41 Å². The fourth-order valence-electron chi connectivity index (χ4n) is 6.27. The first-order valence-corrected chi connectivity index (χ1v) is 10.1. The van der Waals surface area contributed by atoms with E-state index in [1.165, 1.54) is 55.9 Å². The van der Waals surface area contributed by atoms with E-state index in [4.69, 9.17) is 10.1 Å². The number of H-pyrrole nitrogens is 1. The smallest absolute Gasteiger partial charge is 0.328 e. The minimum atomic E-state index is -0.924. The van der Waals surface area contributed by atoms with Gasteiger partial charge >= 0.3 is 5.97 Å². The zero-order valence-electron chi connectivity index (χ0n) is 15.9. The molecular formula is C23H27ClN2O2. The molecule has 4 bridgehead atoms.